The molecule has 1 unspecified atom stereocenters. The second-order valence-corrected chi connectivity index (χ2v) is 10.4. The normalized spacial score (nSPS) is 60.2. The number of fused-ring (bicyclic) bond motifs is 4. The monoisotopic (exact) mass is 328 g/mol. The molecule has 1 spiro atoms. The van der Waals surface area contributed by atoms with Crippen LogP contribution in [0.3, 0.4) is 0 Å². The molecule has 0 radical (unpaired) electrons. The van der Waals surface area contributed by atoms with Gasteiger partial charge in [-0.05, 0) is 99.2 Å². The number of allylic oxidation sites excluding steroid dienone is 2. The maximum Gasteiger partial charge on any atom is 0.0638 e. The standard InChI is InChI=1S/C23H36O/c1-5-15-7-6-8-18-17-13-20(24-4)23-14-16(23)9-12-22(23,3)19(17)10-11-21(15,18)2/h5,16-20H,6-14H2,1-4H3/b15-5-/t16-,17+,18+,19+,20-,21-,22-,23?/m1/s1. The highest BCUT2D eigenvalue weighted by Gasteiger charge is 2.77. The quantitative estimate of drug-likeness (QED) is 0.537. The van der Waals surface area contributed by atoms with Crippen molar-refractivity contribution in [1.82, 2.24) is 0 Å². The second-order valence-electron chi connectivity index (χ2n) is 10.4. The molecule has 0 aromatic rings. The van der Waals surface area contributed by atoms with Crippen molar-refractivity contribution in [2.45, 2.75) is 84.7 Å². The molecule has 1 heteroatoms. The third kappa shape index (κ3) is 1.62. The number of ether oxygens (including phenoxy) is 1. The minimum absolute atomic E-state index is 0.495. The van der Waals surface area contributed by atoms with E-state index in [9.17, 15) is 0 Å². The summed E-state index contributed by atoms with van der Waals surface area (Å²) in [5.74, 6) is 3.81. The van der Waals surface area contributed by atoms with Crippen LogP contribution in [-0.2, 0) is 4.74 Å². The predicted octanol–water partition coefficient (Wildman–Crippen LogP) is 5.99. The van der Waals surface area contributed by atoms with E-state index >= 15 is 0 Å². The second kappa shape index (κ2) is 4.90. The van der Waals surface area contributed by atoms with Crippen molar-refractivity contribution in [2.75, 3.05) is 7.11 Å². The molecule has 8 atom stereocenters. The van der Waals surface area contributed by atoms with Gasteiger partial charge in [0.25, 0.3) is 0 Å². The minimum atomic E-state index is 0.495. The first kappa shape index (κ1) is 15.9. The Labute approximate surface area is 148 Å². The molecule has 5 aliphatic carbocycles. The number of methoxy groups -OCH3 is 1. The summed E-state index contributed by atoms with van der Waals surface area (Å²) in [6.45, 7) is 7.59. The van der Waals surface area contributed by atoms with Gasteiger partial charge in [-0.25, -0.2) is 0 Å². The van der Waals surface area contributed by atoms with Crippen LogP contribution in [0.15, 0.2) is 11.6 Å². The fourth-order valence-electron chi connectivity index (χ4n) is 9.10. The highest BCUT2D eigenvalue weighted by molar-refractivity contribution is 5.28. The van der Waals surface area contributed by atoms with Crippen molar-refractivity contribution in [3.05, 3.63) is 11.6 Å². The molecule has 134 valence electrons. The van der Waals surface area contributed by atoms with Crippen molar-refractivity contribution >= 4 is 0 Å². The van der Waals surface area contributed by atoms with E-state index in [-0.39, 0.29) is 0 Å². The van der Waals surface area contributed by atoms with Crippen LogP contribution in [0.5, 0.6) is 0 Å². The van der Waals surface area contributed by atoms with Gasteiger partial charge < -0.3 is 4.74 Å². The Balaban J connectivity index is 1.55. The Morgan fingerprint density at radius 3 is 2.62 bits per heavy atom. The summed E-state index contributed by atoms with van der Waals surface area (Å²) in [6.07, 6.45) is 16.0. The van der Waals surface area contributed by atoms with Crippen LogP contribution in [0.1, 0.15) is 78.6 Å². The first-order valence-corrected chi connectivity index (χ1v) is 10.7. The summed E-state index contributed by atoms with van der Waals surface area (Å²) in [7, 11) is 2.01. The van der Waals surface area contributed by atoms with Crippen molar-refractivity contribution in [2.24, 2.45) is 39.9 Å². The van der Waals surface area contributed by atoms with Gasteiger partial charge in [-0.2, -0.15) is 0 Å². The molecule has 5 rings (SSSR count). The summed E-state index contributed by atoms with van der Waals surface area (Å²) in [4.78, 5) is 0. The van der Waals surface area contributed by atoms with Gasteiger partial charge in [0, 0.05) is 12.5 Å². The van der Waals surface area contributed by atoms with Crippen LogP contribution >= 0.6 is 0 Å². The lowest BCUT2D eigenvalue weighted by atomic mass is 9.43. The molecule has 5 aliphatic rings. The van der Waals surface area contributed by atoms with Crippen LogP contribution in [0.4, 0.5) is 0 Å². The molecule has 5 saturated carbocycles. The largest absolute Gasteiger partial charge is 0.381 e. The van der Waals surface area contributed by atoms with E-state index in [1.807, 2.05) is 7.11 Å². The maximum absolute atomic E-state index is 6.22. The Hall–Kier alpha value is -0.300. The van der Waals surface area contributed by atoms with Gasteiger partial charge in [-0.3, -0.25) is 0 Å². The summed E-state index contributed by atoms with van der Waals surface area (Å²) in [6, 6.07) is 0. The molecule has 0 N–H and O–H groups in total. The predicted molar refractivity (Wildman–Crippen MR) is 98.7 cm³/mol. The minimum Gasteiger partial charge on any atom is -0.381 e. The van der Waals surface area contributed by atoms with Crippen molar-refractivity contribution < 1.29 is 4.74 Å². The fourth-order valence-corrected chi connectivity index (χ4v) is 9.10. The summed E-state index contributed by atoms with van der Waals surface area (Å²) in [5, 5.41) is 0. The molecular weight excluding hydrogens is 292 g/mol. The maximum atomic E-state index is 6.22. The summed E-state index contributed by atoms with van der Waals surface area (Å²) in [5.41, 5.74) is 3.44. The van der Waals surface area contributed by atoms with Gasteiger partial charge in [0.15, 0.2) is 0 Å². The van der Waals surface area contributed by atoms with Crippen LogP contribution in [-0.4, -0.2) is 13.2 Å². The fraction of sp³-hybridized carbons (Fsp3) is 0.913. The molecule has 0 aromatic heterocycles. The molecule has 0 saturated heterocycles. The molecule has 0 aliphatic heterocycles. The van der Waals surface area contributed by atoms with Gasteiger partial charge in [0.1, 0.15) is 0 Å². The van der Waals surface area contributed by atoms with Gasteiger partial charge in [0.05, 0.1) is 6.10 Å². The van der Waals surface area contributed by atoms with Crippen molar-refractivity contribution in [1.29, 1.82) is 0 Å². The third-order valence-electron chi connectivity index (χ3n) is 10.3. The number of hydrogen-bond donors (Lipinski definition) is 0. The zero-order valence-corrected chi connectivity index (χ0v) is 16.2. The molecular formula is C23H36O. The van der Waals surface area contributed by atoms with Crippen LogP contribution in [0.25, 0.3) is 0 Å². The average Bonchev–Trinajstić information content (AvgIpc) is 3.24. The molecule has 24 heavy (non-hydrogen) atoms. The zero-order chi connectivity index (χ0) is 16.7. The van der Waals surface area contributed by atoms with E-state index in [0.717, 1.165) is 23.7 Å². The van der Waals surface area contributed by atoms with Gasteiger partial charge in [-0.1, -0.05) is 25.5 Å². The Morgan fingerprint density at radius 1 is 1.08 bits per heavy atom. The molecule has 0 bridgehead atoms. The van der Waals surface area contributed by atoms with Crippen molar-refractivity contribution in [3.63, 3.8) is 0 Å². The zero-order valence-electron chi connectivity index (χ0n) is 16.2. The van der Waals surface area contributed by atoms with Crippen molar-refractivity contribution in [3.8, 4) is 0 Å². The molecule has 0 heterocycles. The van der Waals surface area contributed by atoms with Crippen LogP contribution in [0, 0.1) is 39.9 Å². The number of hydrogen-bond acceptors (Lipinski definition) is 1. The third-order valence-corrected chi connectivity index (χ3v) is 10.3. The molecule has 0 aromatic carbocycles. The average molecular weight is 329 g/mol. The van der Waals surface area contributed by atoms with Crippen LogP contribution in [0.2, 0.25) is 0 Å². The molecule has 1 nitrogen and oxygen atoms in total. The van der Waals surface area contributed by atoms with E-state index < -0.39 is 0 Å². The number of rotatable bonds is 1. The van der Waals surface area contributed by atoms with E-state index in [1.54, 1.807) is 5.57 Å². The summed E-state index contributed by atoms with van der Waals surface area (Å²) >= 11 is 0. The van der Waals surface area contributed by atoms with Crippen LogP contribution < -0.4 is 0 Å². The Bertz CT molecular complexity index is 579. The lowest BCUT2D eigenvalue weighted by Gasteiger charge is -2.62. The summed E-state index contributed by atoms with van der Waals surface area (Å²) < 4.78 is 6.22. The van der Waals surface area contributed by atoms with Gasteiger partial charge in [-0.15, -0.1) is 0 Å². The molecule has 5 fully saturated rings. The smallest absolute Gasteiger partial charge is 0.0638 e. The van der Waals surface area contributed by atoms with Gasteiger partial charge >= 0.3 is 0 Å². The van der Waals surface area contributed by atoms with E-state index in [1.165, 1.54) is 57.8 Å². The van der Waals surface area contributed by atoms with E-state index in [2.05, 4.69) is 26.8 Å². The highest BCUT2D eigenvalue weighted by atomic mass is 16.5. The SMILES string of the molecule is C/C=C1/CCC[C@H]2[C@@H]3C[C@@H](OC)C45C[C@H]4CC[C@]5(C)[C@H]3CC[C@]12C. The first-order chi connectivity index (χ1) is 11.5. The van der Waals surface area contributed by atoms with Gasteiger partial charge in [0.2, 0.25) is 0 Å². The lowest BCUT2D eigenvalue weighted by molar-refractivity contribution is -0.159. The Morgan fingerprint density at radius 2 is 1.92 bits per heavy atom. The Kier molecular flexibility index (Phi) is 3.25. The van der Waals surface area contributed by atoms with E-state index in [4.69, 9.17) is 4.74 Å². The van der Waals surface area contributed by atoms with E-state index in [0.29, 0.717) is 22.3 Å². The molecule has 0 amide bonds. The lowest BCUT2D eigenvalue weighted by Crippen LogP contribution is -2.57. The topological polar surface area (TPSA) is 9.23 Å². The first-order valence-electron chi connectivity index (χ1n) is 10.7. The highest BCUT2D eigenvalue weighted by Crippen LogP contribution is 2.81.